The van der Waals surface area contributed by atoms with Crippen molar-refractivity contribution in [3.8, 4) is 22.9 Å². The van der Waals surface area contributed by atoms with Crippen molar-refractivity contribution < 1.29 is 18.3 Å². The Hall–Kier alpha value is -4.81. The summed E-state index contributed by atoms with van der Waals surface area (Å²) in [5.41, 5.74) is 5.01. The summed E-state index contributed by atoms with van der Waals surface area (Å²) in [6.45, 7) is 3.03. The summed E-state index contributed by atoms with van der Waals surface area (Å²) in [6, 6.07) is 25.8. The average Bonchev–Trinajstić information content (AvgIpc) is 2.99. The number of nitrogens with zero attached hydrogens (tertiary/aromatic N) is 4. The quantitative estimate of drug-likeness (QED) is 0.284. The van der Waals surface area contributed by atoms with Crippen LogP contribution in [0.25, 0.3) is 11.1 Å². The van der Waals surface area contributed by atoms with Gasteiger partial charge in [-0.05, 0) is 65.6 Å². The van der Waals surface area contributed by atoms with E-state index in [9.17, 15) is 18.8 Å². The van der Waals surface area contributed by atoms with Gasteiger partial charge in [-0.2, -0.15) is 14.0 Å². The van der Waals surface area contributed by atoms with Crippen LogP contribution in [0, 0.1) is 18.3 Å². The van der Waals surface area contributed by atoms with E-state index in [1.807, 2.05) is 49.4 Å². The van der Waals surface area contributed by atoms with E-state index < -0.39 is 6.61 Å². The van der Waals surface area contributed by atoms with Crippen LogP contribution in [0.4, 0.5) is 20.3 Å². The summed E-state index contributed by atoms with van der Waals surface area (Å²) in [6.07, 6.45) is 1.63. The fourth-order valence-electron chi connectivity index (χ4n) is 4.93. The number of hydrogen-bond acceptors (Lipinski definition) is 6. The van der Waals surface area contributed by atoms with E-state index in [1.54, 1.807) is 42.6 Å². The summed E-state index contributed by atoms with van der Waals surface area (Å²) >= 11 is 0. The lowest BCUT2D eigenvalue weighted by Crippen LogP contribution is -2.46. The highest BCUT2D eigenvalue weighted by atomic mass is 19.3. The van der Waals surface area contributed by atoms with Gasteiger partial charge in [0.25, 0.3) is 5.91 Å². The smallest absolute Gasteiger partial charge is 0.387 e. The topological polar surface area (TPSA) is 81.5 Å². The van der Waals surface area contributed by atoms with Crippen molar-refractivity contribution >= 4 is 17.4 Å². The summed E-state index contributed by atoms with van der Waals surface area (Å²) < 4.78 is 29.1. The Labute approximate surface area is 237 Å². The second-order valence-electron chi connectivity index (χ2n) is 9.84. The zero-order chi connectivity index (χ0) is 28.8. The minimum Gasteiger partial charge on any atom is -0.435 e. The molecule has 0 bridgehead atoms. The maximum absolute atomic E-state index is 13.2. The molecule has 0 atom stereocenters. The van der Waals surface area contributed by atoms with Crippen molar-refractivity contribution in [1.29, 1.82) is 5.26 Å². The van der Waals surface area contributed by atoms with Gasteiger partial charge in [-0.25, -0.2) is 4.98 Å². The Kier molecular flexibility index (Phi) is 8.51. The number of halogens is 2. The maximum Gasteiger partial charge on any atom is 0.387 e. The van der Waals surface area contributed by atoms with Crippen LogP contribution in [0.3, 0.4) is 0 Å². The molecule has 1 N–H and O–H groups in total. The first-order valence-electron chi connectivity index (χ1n) is 13.3. The molecule has 0 spiro atoms. The first-order chi connectivity index (χ1) is 19.9. The minimum atomic E-state index is -2.83. The molecule has 1 fully saturated rings. The Morgan fingerprint density at radius 3 is 2.39 bits per heavy atom. The Bertz CT molecular complexity index is 1530. The van der Waals surface area contributed by atoms with Crippen molar-refractivity contribution in [2.45, 2.75) is 20.1 Å². The van der Waals surface area contributed by atoms with E-state index >= 15 is 0 Å². The Morgan fingerprint density at radius 1 is 1.02 bits per heavy atom. The molecular formula is C32H29F2N5O2. The predicted molar refractivity (Wildman–Crippen MR) is 154 cm³/mol. The van der Waals surface area contributed by atoms with Crippen molar-refractivity contribution in [3.63, 3.8) is 0 Å². The molecule has 9 heteroatoms. The van der Waals surface area contributed by atoms with Crippen LogP contribution >= 0.6 is 0 Å². The van der Waals surface area contributed by atoms with Crippen molar-refractivity contribution in [3.05, 3.63) is 107 Å². The fourth-order valence-corrected chi connectivity index (χ4v) is 4.93. The molecule has 1 saturated heterocycles. The van der Waals surface area contributed by atoms with E-state index in [2.05, 4.69) is 30.9 Å². The van der Waals surface area contributed by atoms with Gasteiger partial charge in [-0.15, -0.1) is 0 Å². The number of nitrogens with one attached hydrogen (secondary N) is 1. The van der Waals surface area contributed by atoms with Gasteiger partial charge >= 0.3 is 6.61 Å². The number of piperazine rings is 1. The molecule has 0 saturated carbocycles. The van der Waals surface area contributed by atoms with Gasteiger partial charge in [0.2, 0.25) is 0 Å². The molecule has 0 aliphatic carbocycles. The third kappa shape index (κ3) is 6.86. The van der Waals surface area contributed by atoms with Crippen LogP contribution in [0.1, 0.15) is 27.0 Å². The second kappa shape index (κ2) is 12.6. The standard InChI is InChI=1S/C32H29F2N5O2/c1-22-17-25(19-35)29(18-28(22)24-5-3-2-4-6-24)31(40)37-26-9-12-30(36-20-26)39-15-13-38(14-16-39)21-23-7-10-27(11-8-23)41-32(33)34/h2-12,17-18,20,32H,13-16,21H2,1H3,(H,37,40). The van der Waals surface area contributed by atoms with E-state index in [0.29, 0.717) is 16.8 Å². The van der Waals surface area contributed by atoms with Gasteiger partial charge in [-0.1, -0.05) is 42.5 Å². The molecule has 41 heavy (non-hydrogen) atoms. The normalized spacial score (nSPS) is 13.6. The second-order valence-corrected chi connectivity index (χ2v) is 9.84. The molecule has 1 amide bonds. The first-order valence-corrected chi connectivity index (χ1v) is 13.3. The van der Waals surface area contributed by atoms with E-state index in [1.165, 1.54) is 0 Å². The van der Waals surface area contributed by atoms with Gasteiger partial charge in [0.15, 0.2) is 0 Å². The number of rotatable bonds is 8. The monoisotopic (exact) mass is 553 g/mol. The van der Waals surface area contributed by atoms with Crippen molar-refractivity contribution in [2.75, 3.05) is 36.4 Å². The number of carbonyl (C=O) groups excluding carboxylic acids is 1. The summed E-state index contributed by atoms with van der Waals surface area (Å²) in [5, 5.41) is 12.5. The lowest BCUT2D eigenvalue weighted by molar-refractivity contribution is -0.0498. The van der Waals surface area contributed by atoms with Crippen LogP contribution in [0.5, 0.6) is 5.75 Å². The van der Waals surface area contributed by atoms with Crippen molar-refractivity contribution in [1.82, 2.24) is 9.88 Å². The van der Waals surface area contributed by atoms with Crippen LogP contribution < -0.4 is 15.0 Å². The number of amides is 1. The molecule has 1 aliphatic rings. The zero-order valence-corrected chi connectivity index (χ0v) is 22.6. The number of pyridine rings is 1. The molecule has 1 aromatic heterocycles. The number of ether oxygens (including phenoxy) is 1. The zero-order valence-electron chi connectivity index (χ0n) is 22.6. The largest absolute Gasteiger partial charge is 0.435 e. The van der Waals surface area contributed by atoms with Gasteiger partial charge in [-0.3, -0.25) is 9.69 Å². The molecule has 1 aliphatic heterocycles. The molecule has 208 valence electrons. The maximum atomic E-state index is 13.2. The average molecular weight is 554 g/mol. The highest BCUT2D eigenvalue weighted by Gasteiger charge is 2.19. The van der Waals surface area contributed by atoms with Gasteiger partial charge in [0.1, 0.15) is 11.6 Å². The van der Waals surface area contributed by atoms with Gasteiger partial charge in [0, 0.05) is 32.7 Å². The van der Waals surface area contributed by atoms with E-state index in [-0.39, 0.29) is 11.7 Å². The van der Waals surface area contributed by atoms with Crippen LogP contribution in [0.15, 0.2) is 85.1 Å². The molecule has 5 rings (SSSR count). The molecular weight excluding hydrogens is 524 g/mol. The Morgan fingerprint density at radius 2 is 1.76 bits per heavy atom. The third-order valence-corrected chi connectivity index (χ3v) is 7.07. The number of hydrogen-bond donors (Lipinski definition) is 1. The van der Waals surface area contributed by atoms with Crippen LogP contribution in [0.2, 0.25) is 0 Å². The number of aromatic nitrogens is 1. The molecule has 0 radical (unpaired) electrons. The lowest BCUT2D eigenvalue weighted by atomic mass is 9.94. The molecule has 0 unspecified atom stereocenters. The van der Waals surface area contributed by atoms with E-state index in [0.717, 1.165) is 60.8 Å². The number of alkyl halides is 2. The van der Waals surface area contributed by atoms with Gasteiger partial charge < -0.3 is 15.0 Å². The number of benzene rings is 3. The molecule has 4 aromatic rings. The van der Waals surface area contributed by atoms with Crippen LogP contribution in [-0.4, -0.2) is 48.6 Å². The predicted octanol–water partition coefficient (Wildman–Crippen LogP) is 6.10. The van der Waals surface area contributed by atoms with Crippen LogP contribution in [-0.2, 0) is 6.54 Å². The summed E-state index contributed by atoms with van der Waals surface area (Å²) in [7, 11) is 0. The summed E-state index contributed by atoms with van der Waals surface area (Å²) in [4.78, 5) is 22.2. The van der Waals surface area contributed by atoms with Crippen molar-refractivity contribution in [2.24, 2.45) is 0 Å². The molecule has 7 nitrogen and oxygen atoms in total. The molecule has 2 heterocycles. The highest BCUT2D eigenvalue weighted by molar-refractivity contribution is 6.06. The third-order valence-electron chi connectivity index (χ3n) is 7.07. The fraction of sp³-hybridized carbons (Fsp3) is 0.219. The summed E-state index contributed by atoms with van der Waals surface area (Å²) in [5.74, 6) is 0.604. The lowest BCUT2D eigenvalue weighted by Gasteiger charge is -2.35. The molecule has 3 aromatic carbocycles. The van der Waals surface area contributed by atoms with Gasteiger partial charge in [0.05, 0.1) is 29.1 Å². The minimum absolute atomic E-state index is 0.153. The number of carbonyl (C=O) groups is 1. The number of nitriles is 1. The highest BCUT2D eigenvalue weighted by Crippen LogP contribution is 2.27. The SMILES string of the molecule is Cc1cc(C#N)c(C(=O)Nc2ccc(N3CCN(Cc4ccc(OC(F)F)cc4)CC3)nc2)cc1-c1ccccc1. The van der Waals surface area contributed by atoms with E-state index in [4.69, 9.17) is 0 Å². The Balaban J connectivity index is 1.18. The first kappa shape index (κ1) is 27.7. The number of anilines is 2. The number of aryl methyl sites for hydroxylation is 1.